The number of amides is 4. The number of hydrogen-bond donors (Lipinski definition) is 2. The normalized spacial score (nSPS) is 20.7. The molecule has 0 aromatic carbocycles. The second-order valence-corrected chi connectivity index (χ2v) is 8.23. The molecule has 2 rings (SSSR count). The number of ether oxygens (including phenoxy) is 1. The Labute approximate surface area is 173 Å². The minimum atomic E-state index is -0.970. The zero-order valence-electron chi connectivity index (χ0n) is 17.9. The van der Waals surface area contributed by atoms with Crippen LogP contribution < -0.4 is 10.6 Å². The highest BCUT2D eigenvalue weighted by Crippen LogP contribution is 2.28. The first-order chi connectivity index (χ1) is 13.8. The number of imide groups is 1. The molecule has 0 radical (unpaired) electrons. The lowest BCUT2D eigenvalue weighted by Gasteiger charge is -2.25. The van der Waals surface area contributed by atoms with Gasteiger partial charge in [0.1, 0.15) is 12.1 Å². The van der Waals surface area contributed by atoms with Crippen LogP contribution in [-0.2, 0) is 19.1 Å². The van der Waals surface area contributed by atoms with Crippen LogP contribution in [0.2, 0.25) is 0 Å². The second kappa shape index (κ2) is 10.6. The lowest BCUT2D eigenvalue weighted by Crippen LogP contribution is -2.47. The molecule has 2 aliphatic rings. The molecule has 1 saturated carbocycles. The van der Waals surface area contributed by atoms with Crippen molar-refractivity contribution in [3.05, 3.63) is 0 Å². The average Bonchev–Trinajstić information content (AvgIpc) is 2.85. The van der Waals surface area contributed by atoms with Crippen molar-refractivity contribution in [1.82, 2.24) is 15.5 Å². The Balaban J connectivity index is 1.89. The van der Waals surface area contributed by atoms with Crippen LogP contribution in [0.3, 0.4) is 0 Å². The Morgan fingerprint density at radius 3 is 2.28 bits per heavy atom. The quantitative estimate of drug-likeness (QED) is 0.346. The fourth-order valence-corrected chi connectivity index (χ4v) is 4.30. The van der Waals surface area contributed by atoms with Gasteiger partial charge in [-0.3, -0.25) is 19.3 Å². The first-order valence-corrected chi connectivity index (χ1v) is 11.0. The molecule has 0 spiro atoms. The molecule has 8 heteroatoms. The third-order valence-electron chi connectivity index (χ3n) is 5.77. The van der Waals surface area contributed by atoms with Crippen LogP contribution in [0.15, 0.2) is 0 Å². The largest absolute Gasteiger partial charge is 0.451 e. The Hall–Kier alpha value is -2.12. The van der Waals surface area contributed by atoms with E-state index in [1.54, 1.807) is 0 Å². The van der Waals surface area contributed by atoms with Gasteiger partial charge in [0.2, 0.25) is 0 Å². The van der Waals surface area contributed by atoms with Gasteiger partial charge in [-0.2, -0.15) is 0 Å². The summed E-state index contributed by atoms with van der Waals surface area (Å²) in [5.41, 5.74) is -0.941. The van der Waals surface area contributed by atoms with E-state index in [-0.39, 0.29) is 11.9 Å². The summed E-state index contributed by atoms with van der Waals surface area (Å²) in [5, 5.41) is 5.71. The zero-order chi connectivity index (χ0) is 21.4. The zero-order valence-corrected chi connectivity index (χ0v) is 17.9. The molecule has 2 fully saturated rings. The third-order valence-corrected chi connectivity index (χ3v) is 5.77. The Morgan fingerprint density at radius 1 is 1.14 bits per heavy atom. The fraction of sp³-hybridized carbons (Fsp3) is 0.810. The van der Waals surface area contributed by atoms with Gasteiger partial charge in [-0.25, -0.2) is 4.79 Å². The van der Waals surface area contributed by atoms with E-state index in [2.05, 4.69) is 10.6 Å². The summed E-state index contributed by atoms with van der Waals surface area (Å²) in [4.78, 5) is 50.7. The van der Waals surface area contributed by atoms with Crippen molar-refractivity contribution in [3.63, 3.8) is 0 Å². The van der Waals surface area contributed by atoms with Crippen molar-refractivity contribution in [2.75, 3.05) is 6.54 Å². The average molecular weight is 410 g/mol. The highest BCUT2D eigenvalue weighted by Gasteiger charge is 2.50. The number of hydrogen-bond acceptors (Lipinski definition) is 5. The lowest BCUT2D eigenvalue weighted by atomic mass is 9.88. The van der Waals surface area contributed by atoms with E-state index in [4.69, 9.17) is 4.74 Å². The van der Waals surface area contributed by atoms with Crippen molar-refractivity contribution < 1.29 is 23.9 Å². The lowest BCUT2D eigenvalue weighted by molar-refractivity contribution is -0.157. The maximum Gasteiger partial charge on any atom is 0.327 e. The summed E-state index contributed by atoms with van der Waals surface area (Å²) >= 11 is 0. The van der Waals surface area contributed by atoms with E-state index in [0.717, 1.165) is 43.4 Å². The van der Waals surface area contributed by atoms with Gasteiger partial charge < -0.3 is 15.4 Å². The van der Waals surface area contributed by atoms with Crippen molar-refractivity contribution in [3.8, 4) is 0 Å². The SMILES string of the molecule is CCCC1(CCC)NC(=O)N(CC(=O)O[C@@H](C)C(=O)NC2CCCCCC2)C1=O. The minimum absolute atomic E-state index is 0.112. The predicted octanol–water partition coefficient (Wildman–Crippen LogP) is 2.65. The van der Waals surface area contributed by atoms with Crippen LogP contribution in [0.1, 0.15) is 85.0 Å². The van der Waals surface area contributed by atoms with Crippen LogP contribution in [0.4, 0.5) is 4.79 Å². The number of carbonyl (C=O) groups excluding carboxylic acids is 4. The molecule has 4 amide bonds. The molecule has 1 aliphatic carbocycles. The van der Waals surface area contributed by atoms with Crippen LogP contribution in [0.5, 0.6) is 0 Å². The van der Waals surface area contributed by atoms with Gasteiger partial charge in [0.25, 0.3) is 11.8 Å². The molecule has 2 N–H and O–H groups in total. The number of urea groups is 1. The number of carbonyl (C=O) groups is 4. The van der Waals surface area contributed by atoms with Gasteiger partial charge in [0.15, 0.2) is 6.10 Å². The molecule has 1 atom stereocenters. The van der Waals surface area contributed by atoms with Crippen LogP contribution >= 0.6 is 0 Å². The minimum Gasteiger partial charge on any atom is -0.451 e. The van der Waals surface area contributed by atoms with Gasteiger partial charge in [0, 0.05) is 6.04 Å². The van der Waals surface area contributed by atoms with E-state index in [0.29, 0.717) is 12.8 Å². The Kier molecular flexibility index (Phi) is 8.46. The number of esters is 1. The van der Waals surface area contributed by atoms with Crippen molar-refractivity contribution >= 4 is 23.8 Å². The molecular formula is C21H35N3O5. The molecule has 8 nitrogen and oxygen atoms in total. The molecule has 1 aliphatic heterocycles. The smallest absolute Gasteiger partial charge is 0.327 e. The van der Waals surface area contributed by atoms with Gasteiger partial charge in [0.05, 0.1) is 0 Å². The monoisotopic (exact) mass is 409 g/mol. The Morgan fingerprint density at radius 2 is 1.72 bits per heavy atom. The number of nitrogens with one attached hydrogen (secondary N) is 2. The van der Waals surface area contributed by atoms with Crippen molar-refractivity contribution in [2.45, 2.75) is 103 Å². The summed E-state index contributed by atoms with van der Waals surface area (Å²) in [5.74, 6) is -1.49. The predicted molar refractivity (Wildman–Crippen MR) is 108 cm³/mol. The van der Waals surface area contributed by atoms with E-state index in [1.807, 2.05) is 13.8 Å². The first kappa shape index (κ1) is 23.2. The first-order valence-electron chi connectivity index (χ1n) is 11.0. The van der Waals surface area contributed by atoms with E-state index in [9.17, 15) is 19.2 Å². The van der Waals surface area contributed by atoms with Crippen LogP contribution in [0, 0.1) is 0 Å². The molecule has 1 heterocycles. The standard InChI is InChI=1S/C21H35N3O5/c1-4-12-21(13-5-2)19(27)24(20(28)23-21)14-17(25)29-15(3)18(26)22-16-10-8-6-7-9-11-16/h15-16H,4-14H2,1-3H3,(H,22,26)(H,23,28)/t15-/m0/s1. The molecule has 1 saturated heterocycles. The van der Waals surface area contributed by atoms with Gasteiger partial charge in [-0.1, -0.05) is 52.4 Å². The fourth-order valence-electron chi connectivity index (χ4n) is 4.30. The molecule has 0 bridgehead atoms. The van der Waals surface area contributed by atoms with E-state index >= 15 is 0 Å². The van der Waals surface area contributed by atoms with E-state index < -0.39 is 36.1 Å². The van der Waals surface area contributed by atoms with Crippen molar-refractivity contribution in [1.29, 1.82) is 0 Å². The summed E-state index contributed by atoms with van der Waals surface area (Å²) in [6.07, 6.45) is 7.96. The molecular weight excluding hydrogens is 374 g/mol. The summed E-state index contributed by atoms with van der Waals surface area (Å²) < 4.78 is 5.21. The van der Waals surface area contributed by atoms with Gasteiger partial charge in [-0.15, -0.1) is 0 Å². The molecule has 0 aromatic heterocycles. The topological polar surface area (TPSA) is 105 Å². The van der Waals surface area contributed by atoms with Crippen molar-refractivity contribution in [2.24, 2.45) is 0 Å². The second-order valence-electron chi connectivity index (χ2n) is 8.23. The molecule has 164 valence electrons. The summed E-state index contributed by atoms with van der Waals surface area (Å²) in [7, 11) is 0. The van der Waals surface area contributed by atoms with E-state index in [1.165, 1.54) is 19.8 Å². The molecule has 29 heavy (non-hydrogen) atoms. The van der Waals surface area contributed by atoms with Crippen LogP contribution in [0.25, 0.3) is 0 Å². The summed E-state index contributed by atoms with van der Waals surface area (Å²) in [6, 6.07) is -0.467. The van der Waals surface area contributed by atoms with Gasteiger partial charge >= 0.3 is 12.0 Å². The van der Waals surface area contributed by atoms with Gasteiger partial charge in [-0.05, 0) is 32.6 Å². The molecule has 0 unspecified atom stereocenters. The Bertz CT molecular complexity index is 607. The molecule has 0 aromatic rings. The highest BCUT2D eigenvalue weighted by atomic mass is 16.5. The maximum absolute atomic E-state index is 12.8. The summed E-state index contributed by atoms with van der Waals surface area (Å²) in [6.45, 7) is 4.92. The number of nitrogens with zero attached hydrogens (tertiary/aromatic N) is 1. The maximum atomic E-state index is 12.8. The van der Waals surface area contributed by atoms with Crippen LogP contribution in [-0.4, -0.2) is 52.9 Å². The highest BCUT2D eigenvalue weighted by molar-refractivity contribution is 6.08. The third kappa shape index (κ3) is 5.93. The number of rotatable bonds is 9.